The number of carbonyl (C=O) groups excluding carboxylic acids is 12. The molecule has 12 amide bonds. The van der Waals surface area contributed by atoms with Crippen molar-refractivity contribution in [1.29, 1.82) is 0 Å². The number of amides is 12. The first kappa shape index (κ1) is 72.5. The van der Waals surface area contributed by atoms with Crippen LogP contribution in [-0.4, -0.2) is 258 Å². The zero-order valence-electron chi connectivity index (χ0n) is 48.0. The summed E-state index contributed by atoms with van der Waals surface area (Å²) in [4.78, 5) is 174. The van der Waals surface area contributed by atoms with Crippen LogP contribution in [0.25, 0.3) is 0 Å². The molecule has 19 N–H and O–H groups in total. The molecule has 86 heavy (non-hydrogen) atoms. The highest BCUT2D eigenvalue weighted by atomic mass is 16.8. The monoisotopic (exact) mass is 1230 g/mol. The van der Waals surface area contributed by atoms with Crippen LogP contribution in [0.2, 0.25) is 0 Å². The molecule has 0 aromatic carbocycles. The van der Waals surface area contributed by atoms with Gasteiger partial charge in [0.2, 0.25) is 70.9 Å². The van der Waals surface area contributed by atoms with Crippen molar-refractivity contribution in [3.05, 3.63) is 0 Å². The van der Waals surface area contributed by atoms with E-state index in [1.807, 2.05) is 0 Å². The Morgan fingerprint density at radius 2 is 1.08 bits per heavy atom. The smallest absolute Gasteiger partial charge is 0.326 e. The molecule has 0 aromatic heterocycles. The molecule has 16 atom stereocenters. The number of aliphatic hydroxyl groups excluding tert-OH is 3. The molecule has 2 bridgehead atoms. The number of ether oxygens (including phenoxy) is 5. The van der Waals surface area contributed by atoms with Crippen LogP contribution in [0, 0.1) is 0 Å². The van der Waals surface area contributed by atoms with Gasteiger partial charge in [-0.2, -0.15) is 0 Å². The van der Waals surface area contributed by atoms with E-state index < -0.39 is 226 Å². The van der Waals surface area contributed by atoms with E-state index in [4.69, 9.17) is 29.4 Å². The van der Waals surface area contributed by atoms with Gasteiger partial charge in [-0.15, -0.1) is 0 Å². The summed E-state index contributed by atoms with van der Waals surface area (Å²) in [7, 11) is 0. The normalized spacial score (nSPS) is 24.2. The molecule has 3 aliphatic heterocycles. The molecule has 3 heterocycles. The van der Waals surface area contributed by atoms with Crippen LogP contribution < -0.4 is 69.5 Å². The number of hydrogen-bond donors (Lipinski definition) is 18. The Kier molecular flexibility index (Phi) is 30.0. The molecule has 0 saturated carbocycles. The fourth-order valence-electron chi connectivity index (χ4n) is 8.40. The van der Waals surface area contributed by atoms with Crippen LogP contribution in [0.4, 0.5) is 0 Å². The molecular weight excluding hydrogens is 1150 g/mol. The predicted octanol–water partition coefficient (Wildman–Crippen LogP) is -10.5. The maximum Gasteiger partial charge on any atom is 0.326 e. The van der Waals surface area contributed by atoms with Crippen molar-refractivity contribution in [2.75, 3.05) is 52.5 Å². The molecule has 0 spiro atoms. The number of carboxylic acids is 2. The minimum atomic E-state index is -1.76. The average molecular weight is 1230 g/mol. The van der Waals surface area contributed by atoms with Crippen molar-refractivity contribution < 1.29 is 116 Å². The van der Waals surface area contributed by atoms with Crippen molar-refractivity contribution in [3.8, 4) is 0 Å². The summed E-state index contributed by atoms with van der Waals surface area (Å²) >= 11 is 0. The maximum atomic E-state index is 13.7. The summed E-state index contributed by atoms with van der Waals surface area (Å²) in [6, 6.07) is -9.89. The Labute approximate surface area is 491 Å². The Hall–Kier alpha value is -7.78. The largest absolute Gasteiger partial charge is 0.480 e. The third-order valence-corrected chi connectivity index (χ3v) is 13.1. The van der Waals surface area contributed by atoms with Crippen molar-refractivity contribution in [2.45, 2.75) is 171 Å². The molecule has 16 unspecified atom stereocenters. The van der Waals surface area contributed by atoms with Gasteiger partial charge in [0.15, 0.2) is 12.6 Å². The Morgan fingerprint density at radius 3 is 1.62 bits per heavy atom. The predicted molar refractivity (Wildman–Crippen MR) is 286 cm³/mol. The number of unbranched alkanes of at least 4 members (excludes halogenated alkanes) is 1. The SMILES string of the molecule is CC(=O)NC1C(OC2C3COC(O3)C(NC(C)=O)C2OC(C)C(=O)NC(C)C(=O)NC(CCC(=O)NC(CCCCNC(=O)CNC(=O)CNC(=O)CNC(=O)CNC(=O)CN)C(=O)NC(C)C(=O)NC(C)C(=O)O)C(=O)O)OC(CO)C(O)C1O. The topological polar surface area (TPSA) is 557 Å². The Balaban J connectivity index is 1.60. The summed E-state index contributed by atoms with van der Waals surface area (Å²) in [5, 5.41) is 78.6. The summed E-state index contributed by atoms with van der Waals surface area (Å²) < 4.78 is 29.8. The highest BCUT2D eigenvalue weighted by Crippen LogP contribution is 2.35. The summed E-state index contributed by atoms with van der Waals surface area (Å²) in [5.74, 6) is -12.4. The molecule has 0 radical (unpaired) electrons. The Bertz CT molecular complexity index is 2440. The van der Waals surface area contributed by atoms with Gasteiger partial charge in [0.25, 0.3) is 0 Å². The number of carboxylic acid groups (broad SMARTS) is 2. The van der Waals surface area contributed by atoms with Crippen molar-refractivity contribution in [3.63, 3.8) is 0 Å². The van der Waals surface area contributed by atoms with Crippen LogP contribution in [0.3, 0.4) is 0 Å². The number of carbonyl (C=O) groups is 14. The van der Waals surface area contributed by atoms with Crippen LogP contribution in [0.1, 0.15) is 73.6 Å². The van der Waals surface area contributed by atoms with Crippen molar-refractivity contribution in [2.24, 2.45) is 5.73 Å². The van der Waals surface area contributed by atoms with Gasteiger partial charge in [0.1, 0.15) is 85.0 Å². The number of fused-ring (bicyclic) bond motifs is 2. The number of nitrogens with two attached hydrogens (primary N) is 1. The first-order chi connectivity index (χ1) is 40.5. The Morgan fingerprint density at radius 1 is 0.558 bits per heavy atom. The zero-order chi connectivity index (χ0) is 64.5. The second-order valence-corrected chi connectivity index (χ2v) is 20.1. The van der Waals surface area contributed by atoms with E-state index in [0.717, 1.165) is 6.92 Å². The third-order valence-electron chi connectivity index (χ3n) is 13.1. The van der Waals surface area contributed by atoms with Gasteiger partial charge in [-0.1, -0.05) is 0 Å². The molecule has 0 aliphatic carbocycles. The lowest BCUT2D eigenvalue weighted by atomic mass is 9.95. The highest BCUT2D eigenvalue weighted by molar-refractivity contribution is 5.94. The second kappa shape index (κ2) is 35.6. The van der Waals surface area contributed by atoms with Crippen LogP contribution in [0.5, 0.6) is 0 Å². The number of hydrogen-bond acceptors (Lipinski definition) is 23. The average Bonchev–Trinajstić information content (AvgIpc) is 2.41. The fourth-order valence-corrected chi connectivity index (χ4v) is 8.40. The molecule has 0 aromatic rings. The van der Waals surface area contributed by atoms with Crippen LogP contribution in [0.15, 0.2) is 0 Å². The molecule has 3 fully saturated rings. The van der Waals surface area contributed by atoms with E-state index >= 15 is 0 Å². The first-order valence-corrected chi connectivity index (χ1v) is 27.2. The van der Waals surface area contributed by atoms with Gasteiger partial charge in [-0.3, -0.25) is 62.3 Å². The van der Waals surface area contributed by atoms with Gasteiger partial charge >= 0.3 is 11.9 Å². The van der Waals surface area contributed by atoms with Crippen molar-refractivity contribution in [1.82, 2.24) is 63.8 Å². The lowest BCUT2D eigenvalue weighted by Gasteiger charge is -2.47. The van der Waals surface area contributed by atoms with E-state index in [-0.39, 0.29) is 39.0 Å². The van der Waals surface area contributed by atoms with E-state index in [2.05, 4.69) is 63.8 Å². The minimum absolute atomic E-state index is 0.0121. The standard InChI is InChI=1S/C49H79N13O24/c1-20(42(74)58-22(3)46(78)79)57-45(77)26(9-7-8-12-51-32(68)14-53-34(70)16-55-35(71)17-54-33(69)15-52-31(67)13-50)61-30(66)11-10-27(47(80)81)62-43(75)21(2)56-44(76)23(4)83-41-37(60-25(6)65)48-82-19-29(85-48)40(41)86-49-36(59-24(5)64)39(73)38(72)28(18-63)84-49/h20-23,26-29,36-41,48-49,63,72-73H,7-19,50H2,1-6H3,(H,51,68)(H,52,67)(H,53,70)(H,54,69)(H,55,71)(H,56,76)(H,57,77)(H,58,74)(H,59,64)(H,60,65)(H,61,66)(H,62,75)(H,78,79)(H,80,81). The highest BCUT2D eigenvalue weighted by Gasteiger charge is 2.56. The number of nitrogens with one attached hydrogen (secondary N) is 12. The van der Waals surface area contributed by atoms with E-state index in [0.29, 0.717) is 0 Å². The van der Waals surface area contributed by atoms with Gasteiger partial charge in [-0.25, -0.2) is 4.79 Å². The zero-order valence-corrected chi connectivity index (χ0v) is 48.0. The summed E-state index contributed by atoms with van der Waals surface area (Å²) in [5.41, 5.74) is 5.12. The maximum absolute atomic E-state index is 13.7. The minimum Gasteiger partial charge on any atom is -0.480 e. The molecule has 3 aliphatic rings. The van der Waals surface area contributed by atoms with E-state index in [1.54, 1.807) is 0 Å². The van der Waals surface area contributed by atoms with Gasteiger partial charge in [0.05, 0.1) is 45.9 Å². The third kappa shape index (κ3) is 23.9. The van der Waals surface area contributed by atoms with Gasteiger partial charge in [-0.05, 0) is 53.4 Å². The molecule has 3 saturated heterocycles. The number of aliphatic hydroxyl groups is 3. The summed E-state index contributed by atoms with van der Waals surface area (Å²) in [6.45, 7) is 3.89. The second-order valence-electron chi connectivity index (χ2n) is 20.1. The lowest BCUT2D eigenvalue weighted by Crippen LogP contribution is -2.68. The van der Waals surface area contributed by atoms with Crippen molar-refractivity contribution >= 4 is 82.8 Å². The van der Waals surface area contributed by atoms with Gasteiger partial charge < -0.3 is 119 Å². The van der Waals surface area contributed by atoms with Crippen LogP contribution in [-0.2, 0) is 90.8 Å². The molecule has 37 heteroatoms. The number of aliphatic carboxylic acids is 2. The quantitative estimate of drug-likeness (QED) is 0.0262. The lowest BCUT2D eigenvalue weighted by molar-refractivity contribution is -0.313. The molecule has 484 valence electrons. The van der Waals surface area contributed by atoms with Crippen LogP contribution >= 0.6 is 0 Å². The molecule has 3 rings (SSSR count). The number of rotatable bonds is 35. The van der Waals surface area contributed by atoms with E-state index in [9.17, 15) is 92.7 Å². The van der Waals surface area contributed by atoms with E-state index in [1.165, 1.54) is 34.6 Å². The fraction of sp³-hybridized carbons (Fsp3) is 0.714. The van der Waals surface area contributed by atoms with Gasteiger partial charge in [0, 0.05) is 26.8 Å². The summed E-state index contributed by atoms with van der Waals surface area (Å²) in [6.07, 6.45) is -13.6. The molecular formula is C49H79N13O24. The molecule has 37 nitrogen and oxygen atoms in total. The first-order valence-electron chi connectivity index (χ1n) is 27.2.